The Hall–Kier alpha value is -1.72. The molecule has 0 aliphatic heterocycles. The van der Waals surface area contributed by atoms with Crippen LogP contribution in [-0.2, 0) is 0 Å². The molecule has 1 amide bonds. The Morgan fingerprint density at radius 1 is 1.19 bits per heavy atom. The minimum Gasteiger partial charge on any atom is -0.497 e. The number of halogens is 2. The van der Waals surface area contributed by atoms with E-state index in [0.717, 1.165) is 0 Å². The van der Waals surface area contributed by atoms with Gasteiger partial charge < -0.3 is 14.8 Å². The van der Waals surface area contributed by atoms with Crippen molar-refractivity contribution in [1.82, 2.24) is 0 Å². The van der Waals surface area contributed by atoms with E-state index in [4.69, 9.17) is 21.1 Å². The summed E-state index contributed by atoms with van der Waals surface area (Å²) in [6.07, 6.45) is 0. The minimum atomic E-state index is -0.315. The second-order valence-electron chi connectivity index (χ2n) is 4.12. The molecule has 0 atom stereocenters. The van der Waals surface area contributed by atoms with Crippen LogP contribution in [0.15, 0.2) is 40.9 Å². The SMILES string of the molecule is COc1ccc(NC(=O)c2cccc(Br)c2Cl)c(OC)c1. The molecule has 2 aromatic rings. The number of benzene rings is 2. The molecule has 2 rings (SSSR count). The van der Waals surface area contributed by atoms with Crippen LogP contribution in [0.2, 0.25) is 5.02 Å². The zero-order chi connectivity index (χ0) is 15.4. The van der Waals surface area contributed by atoms with Gasteiger partial charge in [0.1, 0.15) is 11.5 Å². The van der Waals surface area contributed by atoms with Crippen LogP contribution in [0.25, 0.3) is 0 Å². The zero-order valence-corrected chi connectivity index (χ0v) is 13.8. The Bertz CT molecular complexity index is 676. The van der Waals surface area contributed by atoms with Gasteiger partial charge in [0.05, 0.1) is 30.5 Å². The molecule has 0 bridgehead atoms. The second kappa shape index (κ2) is 6.83. The lowest BCUT2D eigenvalue weighted by molar-refractivity contribution is 0.102. The summed E-state index contributed by atoms with van der Waals surface area (Å²) in [5.74, 6) is 0.837. The van der Waals surface area contributed by atoms with Gasteiger partial charge in [0.15, 0.2) is 0 Å². The summed E-state index contributed by atoms with van der Waals surface area (Å²) in [6, 6.07) is 10.3. The van der Waals surface area contributed by atoms with Crippen LogP contribution in [0, 0.1) is 0 Å². The third kappa shape index (κ3) is 3.49. The lowest BCUT2D eigenvalue weighted by atomic mass is 10.2. The van der Waals surface area contributed by atoms with E-state index in [1.165, 1.54) is 7.11 Å². The number of methoxy groups -OCH3 is 2. The van der Waals surface area contributed by atoms with E-state index in [1.54, 1.807) is 43.5 Å². The van der Waals surface area contributed by atoms with E-state index >= 15 is 0 Å². The second-order valence-corrected chi connectivity index (χ2v) is 5.35. The fourth-order valence-corrected chi connectivity index (χ4v) is 2.35. The van der Waals surface area contributed by atoms with E-state index < -0.39 is 0 Å². The van der Waals surface area contributed by atoms with Crippen molar-refractivity contribution >= 4 is 39.1 Å². The normalized spacial score (nSPS) is 10.1. The van der Waals surface area contributed by atoms with Gasteiger partial charge >= 0.3 is 0 Å². The van der Waals surface area contributed by atoms with Crippen molar-refractivity contribution in [3.05, 3.63) is 51.5 Å². The molecule has 0 aliphatic carbocycles. The fourth-order valence-electron chi connectivity index (χ4n) is 1.77. The van der Waals surface area contributed by atoms with Gasteiger partial charge in [-0.3, -0.25) is 4.79 Å². The molecule has 0 spiro atoms. The van der Waals surface area contributed by atoms with E-state index in [1.807, 2.05) is 0 Å². The highest BCUT2D eigenvalue weighted by Crippen LogP contribution is 2.31. The van der Waals surface area contributed by atoms with Crippen molar-refractivity contribution in [3.8, 4) is 11.5 Å². The van der Waals surface area contributed by atoms with E-state index in [2.05, 4.69) is 21.2 Å². The highest BCUT2D eigenvalue weighted by atomic mass is 79.9. The first-order chi connectivity index (χ1) is 10.1. The van der Waals surface area contributed by atoms with Gasteiger partial charge in [0.25, 0.3) is 5.91 Å². The first-order valence-corrected chi connectivity index (χ1v) is 7.21. The van der Waals surface area contributed by atoms with Crippen molar-refractivity contribution in [3.63, 3.8) is 0 Å². The molecule has 1 N–H and O–H groups in total. The Morgan fingerprint density at radius 3 is 2.62 bits per heavy atom. The van der Waals surface area contributed by atoms with Gasteiger partial charge in [-0.2, -0.15) is 0 Å². The molecule has 2 aromatic carbocycles. The molecule has 6 heteroatoms. The van der Waals surface area contributed by atoms with Crippen molar-refractivity contribution in [1.29, 1.82) is 0 Å². The van der Waals surface area contributed by atoms with Crippen LogP contribution in [0.1, 0.15) is 10.4 Å². The van der Waals surface area contributed by atoms with Crippen molar-refractivity contribution in [2.24, 2.45) is 0 Å². The average molecular weight is 371 g/mol. The van der Waals surface area contributed by atoms with Gasteiger partial charge in [-0.05, 0) is 40.2 Å². The molecule has 0 aliphatic rings. The van der Waals surface area contributed by atoms with Crippen molar-refractivity contribution < 1.29 is 14.3 Å². The summed E-state index contributed by atoms with van der Waals surface area (Å²) in [5, 5.41) is 3.14. The van der Waals surface area contributed by atoms with Gasteiger partial charge in [0, 0.05) is 10.5 Å². The molecular formula is C15H13BrClNO3. The Morgan fingerprint density at radius 2 is 1.95 bits per heavy atom. The van der Waals surface area contributed by atoms with E-state index in [9.17, 15) is 4.79 Å². The number of rotatable bonds is 4. The molecule has 0 saturated carbocycles. The van der Waals surface area contributed by atoms with Gasteiger partial charge in [0.2, 0.25) is 0 Å². The third-order valence-electron chi connectivity index (χ3n) is 2.85. The minimum absolute atomic E-state index is 0.315. The fraction of sp³-hybridized carbons (Fsp3) is 0.133. The Kier molecular flexibility index (Phi) is 5.09. The highest BCUT2D eigenvalue weighted by molar-refractivity contribution is 9.10. The largest absolute Gasteiger partial charge is 0.497 e. The van der Waals surface area contributed by atoms with Crippen molar-refractivity contribution in [2.45, 2.75) is 0 Å². The predicted octanol–water partition coefficient (Wildman–Crippen LogP) is 4.37. The molecule has 0 unspecified atom stereocenters. The van der Waals surface area contributed by atoms with Gasteiger partial charge in [-0.15, -0.1) is 0 Å². The maximum atomic E-state index is 12.3. The van der Waals surface area contributed by atoms with E-state index in [0.29, 0.717) is 32.2 Å². The van der Waals surface area contributed by atoms with Crippen LogP contribution < -0.4 is 14.8 Å². The molecule has 0 saturated heterocycles. The number of carbonyl (C=O) groups is 1. The van der Waals surface area contributed by atoms with Crippen LogP contribution in [-0.4, -0.2) is 20.1 Å². The van der Waals surface area contributed by atoms with Gasteiger partial charge in [-0.1, -0.05) is 17.7 Å². The smallest absolute Gasteiger partial charge is 0.257 e. The zero-order valence-electron chi connectivity index (χ0n) is 11.4. The first-order valence-electron chi connectivity index (χ1n) is 6.04. The lowest BCUT2D eigenvalue weighted by Crippen LogP contribution is -2.13. The topological polar surface area (TPSA) is 47.6 Å². The van der Waals surface area contributed by atoms with E-state index in [-0.39, 0.29) is 5.91 Å². The molecule has 0 fully saturated rings. The maximum Gasteiger partial charge on any atom is 0.257 e. The maximum absolute atomic E-state index is 12.3. The number of nitrogens with one attached hydrogen (secondary N) is 1. The molecule has 0 radical (unpaired) electrons. The van der Waals surface area contributed by atoms with Crippen molar-refractivity contribution in [2.75, 3.05) is 19.5 Å². The summed E-state index contributed by atoms with van der Waals surface area (Å²) in [7, 11) is 3.09. The quantitative estimate of drug-likeness (QED) is 0.869. The van der Waals surface area contributed by atoms with Crippen LogP contribution >= 0.6 is 27.5 Å². The predicted molar refractivity (Wildman–Crippen MR) is 86.7 cm³/mol. The Balaban J connectivity index is 2.29. The summed E-state index contributed by atoms with van der Waals surface area (Å²) < 4.78 is 11.0. The first kappa shape index (κ1) is 15.7. The number of hydrogen-bond acceptors (Lipinski definition) is 3. The number of hydrogen-bond donors (Lipinski definition) is 1. The monoisotopic (exact) mass is 369 g/mol. The summed E-state index contributed by atoms with van der Waals surface area (Å²) >= 11 is 9.41. The molecule has 110 valence electrons. The molecule has 4 nitrogen and oxygen atoms in total. The molecule has 0 heterocycles. The number of ether oxygens (including phenoxy) is 2. The molecule has 21 heavy (non-hydrogen) atoms. The third-order valence-corrected chi connectivity index (χ3v) is 4.15. The number of anilines is 1. The van der Waals surface area contributed by atoms with Crippen LogP contribution in [0.4, 0.5) is 5.69 Å². The van der Waals surface area contributed by atoms with Gasteiger partial charge in [-0.25, -0.2) is 0 Å². The summed E-state index contributed by atoms with van der Waals surface area (Å²) in [5.41, 5.74) is 0.920. The lowest BCUT2D eigenvalue weighted by Gasteiger charge is -2.12. The number of amides is 1. The summed E-state index contributed by atoms with van der Waals surface area (Å²) in [4.78, 5) is 12.3. The Labute approximate surface area is 136 Å². The van der Waals surface area contributed by atoms with Crippen LogP contribution in [0.3, 0.4) is 0 Å². The molecule has 0 aromatic heterocycles. The average Bonchev–Trinajstić information content (AvgIpc) is 2.50. The highest BCUT2D eigenvalue weighted by Gasteiger charge is 2.14. The van der Waals surface area contributed by atoms with Crippen LogP contribution in [0.5, 0.6) is 11.5 Å². The number of carbonyl (C=O) groups excluding carboxylic acids is 1. The summed E-state index contributed by atoms with van der Waals surface area (Å²) in [6.45, 7) is 0. The standard InChI is InChI=1S/C15H13BrClNO3/c1-20-9-6-7-12(13(8-9)21-2)18-15(19)10-4-3-5-11(16)14(10)17/h3-8H,1-2H3,(H,18,19). The molecular weight excluding hydrogens is 358 g/mol.